The smallest absolute Gasteiger partial charge is 0.393 e. The summed E-state index contributed by atoms with van der Waals surface area (Å²) in [6, 6.07) is 3.70. The molecule has 0 spiro atoms. The van der Waals surface area contributed by atoms with Gasteiger partial charge < -0.3 is 15.3 Å². The highest BCUT2D eigenvalue weighted by molar-refractivity contribution is 7.90. The lowest BCUT2D eigenvalue weighted by Gasteiger charge is -2.19. The fourth-order valence-electron chi connectivity index (χ4n) is 3.85. The van der Waals surface area contributed by atoms with E-state index in [9.17, 15) is 41.7 Å². The molecule has 4 N–H and O–H groups in total. The Hall–Kier alpha value is -1.44. The third-order valence-electron chi connectivity index (χ3n) is 5.69. The zero-order chi connectivity index (χ0) is 26.2. The van der Waals surface area contributed by atoms with Crippen LogP contribution in [-0.4, -0.2) is 53.5 Å². The maximum atomic E-state index is 12.3. The van der Waals surface area contributed by atoms with Crippen molar-refractivity contribution in [2.45, 2.75) is 68.8 Å². The van der Waals surface area contributed by atoms with Gasteiger partial charge in [-0.25, -0.2) is 4.72 Å². The SMILES string of the molecule is O=C(CCC/C=C/C[C@@H]1[C@@H](/C=C/[C@@H](O)CCc2ccc(Cl)s2)[C@H](O)C[C@@H]1O)NS(=O)(=O)C(F)(F)F. The maximum Gasteiger partial charge on any atom is 0.516 e. The van der Waals surface area contributed by atoms with E-state index in [2.05, 4.69) is 0 Å². The molecule has 1 heterocycles. The quantitative estimate of drug-likeness (QED) is 0.229. The second-order valence-corrected chi connectivity index (χ2v) is 11.9. The second-order valence-electron chi connectivity index (χ2n) is 8.38. The van der Waals surface area contributed by atoms with Crippen LogP contribution in [0.25, 0.3) is 0 Å². The van der Waals surface area contributed by atoms with Gasteiger partial charge >= 0.3 is 15.5 Å². The van der Waals surface area contributed by atoms with Crippen molar-refractivity contribution in [3.8, 4) is 0 Å². The zero-order valence-corrected chi connectivity index (χ0v) is 21.1. The molecular formula is C22H29ClF3NO6S2. The number of thiophene rings is 1. The number of hydrogen-bond donors (Lipinski definition) is 4. The lowest BCUT2D eigenvalue weighted by Crippen LogP contribution is -2.40. The van der Waals surface area contributed by atoms with Crippen LogP contribution in [0, 0.1) is 11.8 Å². The van der Waals surface area contributed by atoms with Crippen LogP contribution in [0.1, 0.15) is 43.4 Å². The minimum absolute atomic E-state index is 0.135. The van der Waals surface area contributed by atoms with Crippen LogP contribution in [0.4, 0.5) is 13.2 Å². The lowest BCUT2D eigenvalue weighted by atomic mass is 9.89. The number of hydrogen-bond acceptors (Lipinski definition) is 7. The molecule has 1 aliphatic carbocycles. The van der Waals surface area contributed by atoms with E-state index in [0.717, 1.165) is 9.60 Å². The Labute approximate surface area is 211 Å². The van der Waals surface area contributed by atoms with Crippen molar-refractivity contribution in [2.24, 2.45) is 11.8 Å². The largest absolute Gasteiger partial charge is 0.516 e. The Bertz CT molecular complexity index is 996. The second kappa shape index (κ2) is 13.2. The van der Waals surface area contributed by atoms with Crippen LogP contribution < -0.4 is 4.72 Å². The number of rotatable bonds is 12. The van der Waals surface area contributed by atoms with Gasteiger partial charge in [0, 0.05) is 23.6 Å². The molecule has 1 saturated carbocycles. The number of nitrogens with one attached hydrogen (secondary N) is 1. The Morgan fingerprint density at radius 3 is 2.60 bits per heavy atom. The summed E-state index contributed by atoms with van der Waals surface area (Å²) in [4.78, 5) is 12.5. The van der Waals surface area contributed by atoms with Crippen LogP contribution in [0.2, 0.25) is 4.34 Å². The number of halogens is 4. The zero-order valence-electron chi connectivity index (χ0n) is 18.7. The molecular weight excluding hydrogens is 531 g/mol. The Morgan fingerprint density at radius 1 is 1.26 bits per heavy atom. The first-order valence-corrected chi connectivity index (χ1v) is 13.7. The van der Waals surface area contributed by atoms with Crippen molar-refractivity contribution in [2.75, 3.05) is 0 Å². The predicted octanol–water partition coefficient (Wildman–Crippen LogP) is 3.69. The number of amides is 1. The van der Waals surface area contributed by atoms with Gasteiger partial charge in [-0.2, -0.15) is 21.6 Å². The van der Waals surface area contributed by atoms with E-state index in [1.54, 1.807) is 30.4 Å². The first-order chi connectivity index (χ1) is 16.3. The molecule has 1 amide bonds. The molecule has 0 aliphatic heterocycles. The molecule has 2 rings (SSSR count). The highest BCUT2D eigenvalue weighted by atomic mass is 35.5. The number of sulfonamides is 1. The molecule has 13 heteroatoms. The van der Waals surface area contributed by atoms with E-state index in [1.165, 1.54) is 11.3 Å². The Morgan fingerprint density at radius 2 is 1.97 bits per heavy atom. The van der Waals surface area contributed by atoms with E-state index in [1.807, 2.05) is 6.07 Å². The third-order valence-corrected chi connectivity index (χ3v) is 8.09. The van der Waals surface area contributed by atoms with Crippen molar-refractivity contribution in [1.29, 1.82) is 0 Å². The van der Waals surface area contributed by atoms with E-state index in [-0.39, 0.29) is 24.7 Å². The van der Waals surface area contributed by atoms with Gasteiger partial charge in [0.25, 0.3) is 0 Å². The topological polar surface area (TPSA) is 124 Å². The first-order valence-electron chi connectivity index (χ1n) is 11.0. The molecule has 0 aromatic carbocycles. The minimum atomic E-state index is -5.70. The normalized spacial score (nSPS) is 24.4. The number of unbranched alkanes of at least 4 members (excludes halogenated alkanes) is 1. The van der Waals surface area contributed by atoms with Gasteiger partial charge in [0.05, 0.1) is 22.6 Å². The molecule has 0 radical (unpaired) electrons. The van der Waals surface area contributed by atoms with Crippen molar-refractivity contribution in [1.82, 2.24) is 4.72 Å². The summed E-state index contributed by atoms with van der Waals surface area (Å²) in [5.74, 6) is -1.89. The number of aliphatic hydroxyl groups is 3. The molecule has 35 heavy (non-hydrogen) atoms. The Kier molecular flexibility index (Phi) is 11.2. The third kappa shape index (κ3) is 9.51. The monoisotopic (exact) mass is 559 g/mol. The number of aryl methyl sites for hydroxylation is 1. The van der Waals surface area contributed by atoms with Gasteiger partial charge in [-0.05, 0) is 50.2 Å². The van der Waals surface area contributed by atoms with E-state index in [4.69, 9.17) is 11.6 Å². The van der Waals surface area contributed by atoms with Crippen molar-refractivity contribution >= 4 is 38.9 Å². The number of aliphatic hydroxyl groups excluding tert-OH is 3. The molecule has 1 aliphatic rings. The summed E-state index contributed by atoms with van der Waals surface area (Å²) in [5, 5.41) is 30.8. The summed E-state index contributed by atoms with van der Waals surface area (Å²) >= 11 is 7.35. The lowest BCUT2D eigenvalue weighted by molar-refractivity contribution is -0.120. The summed E-state index contributed by atoms with van der Waals surface area (Å²) < 4.78 is 60.2. The highest BCUT2D eigenvalue weighted by Gasteiger charge is 2.46. The molecule has 1 aromatic heterocycles. The van der Waals surface area contributed by atoms with Crippen LogP contribution in [0.3, 0.4) is 0 Å². The van der Waals surface area contributed by atoms with Crippen LogP contribution in [0.15, 0.2) is 36.4 Å². The molecule has 7 nitrogen and oxygen atoms in total. The fourth-order valence-corrected chi connectivity index (χ4v) is 5.47. The van der Waals surface area contributed by atoms with Gasteiger partial charge in [-0.15, -0.1) is 11.3 Å². The first kappa shape index (κ1) is 29.8. The summed E-state index contributed by atoms with van der Waals surface area (Å²) in [6.07, 6.45) is 6.35. The van der Waals surface area contributed by atoms with Gasteiger partial charge in [0.2, 0.25) is 5.91 Å². The predicted molar refractivity (Wildman–Crippen MR) is 127 cm³/mol. The van der Waals surface area contributed by atoms with Crippen LogP contribution in [0.5, 0.6) is 0 Å². The van der Waals surface area contributed by atoms with Gasteiger partial charge in [0.1, 0.15) is 0 Å². The number of carbonyl (C=O) groups excluding carboxylic acids is 1. The number of carbonyl (C=O) groups is 1. The fraction of sp³-hybridized carbons (Fsp3) is 0.591. The van der Waals surface area contributed by atoms with Crippen LogP contribution >= 0.6 is 22.9 Å². The molecule has 0 unspecified atom stereocenters. The summed E-state index contributed by atoms with van der Waals surface area (Å²) in [5.41, 5.74) is -5.55. The molecule has 198 valence electrons. The van der Waals surface area contributed by atoms with E-state index in [0.29, 0.717) is 30.0 Å². The average Bonchev–Trinajstić information content (AvgIpc) is 3.28. The number of allylic oxidation sites excluding steroid dienone is 2. The molecule has 5 atom stereocenters. The number of alkyl halides is 3. The van der Waals surface area contributed by atoms with E-state index < -0.39 is 46.2 Å². The molecule has 0 bridgehead atoms. The molecule has 1 fully saturated rings. The molecule has 1 aromatic rings. The summed E-state index contributed by atoms with van der Waals surface area (Å²) in [7, 11) is -5.70. The van der Waals surface area contributed by atoms with Crippen molar-refractivity contribution in [3.05, 3.63) is 45.7 Å². The van der Waals surface area contributed by atoms with Gasteiger partial charge in [-0.1, -0.05) is 35.9 Å². The van der Waals surface area contributed by atoms with Gasteiger partial charge in [0.15, 0.2) is 0 Å². The standard InChI is InChI=1S/C22H29ClF3NO6S2/c23-20-12-10-15(34-20)9-7-14(28)8-11-17-16(18(29)13-19(17)30)5-3-1-2-4-6-21(31)27-35(32,33)22(24,25)26/h1,3,8,10-12,14,16-19,28-30H,2,4-7,9,13H2,(H,27,31)/b3-1+,11-8+/t14-,16+,17+,18-,19+/m0/s1. The average molecular weight is 560 g/mol. The van der Waals surface area contributed by atoms with Crippen molar-refractivity contribution < 1.29 is 41.7 Å². The van der Waals surface area contributed by atoms with Crippen LogP contribution in [-0.2, 0) is 21.2 Å². The molecule has 0 saturated heterocycles. The van der Waals surface area contributed by atoms with Gasteiger partial charge in [-0.3, -0.25) is 4.79 Å². The maximum absolute atomic E-state index is 12.3. The Balaban J connectivity index is 1.77. The minimum Gasteiger partial charge on any atom is -0.393 e. The van der Waals surface area contributed by atoms with Crippen molar-refractivity contribution in [3.63, 3.8) is 0 Å². The summed E-state index contributed by atoms with van der Waals surface area (Å²) in [6.45, 7) is 0. The highest BCUT2D eigenvalue weighted by Crippen LogP contribution is 2.36. The van der Waals surface area contributed by atoms with E-state index >= 15 is 0 Å².